The van der Waals surface area contributed by atoms with E-state index in [9.17, 15) is 0 Å². The molecule has 0 unspecified atom stereocenters. The number of nitrogens with one attached hydrogen (secondary N) is 2. The summed E-state index contributed by atoms with van der Waals surface area (Å²) in [5, 5.41) is 4.26. The third kappa shape index (κ3) is 1.89. The molecule has 0 amide bonds. The van der Waals surface area contributed by atoms with Gasteiger partial charge in [0.15, 0.2) is 0 Å². The van der Waals surface area contributed by atoms with Gasteiger partial charge in [-0.3, -0.25) is 0 Å². The van der Waals surface area contributed by atoms with E-state index >= 15 is 0 Å². The zero-order valence-corrected chi connectivity index (χ0v) is 10.4. The summed E-state index contributed by atoms with van der Waals surface area (Å²) in [4.78, 5) is 11.5. The smallest absolute Gasteiger partial charge is 0.143 e. The van der Waals surface area contributed by atoms with Gasteiger partial charge >= 0.3 is 0 Å². The molecule has 0 radical (unpaired) electrons. The third-order valence-corrected chi connectivity index (χ3v) is 3.17. The minimum atomic E-state index is 0.795. The number of anilines is 2. The van der Waals surface area contributed by atoms with Gasteiger partial charge in [0.2, 0.25) is 0 Å². The Morgan fingerprint density at radius 1 is 1.12 bits per heavy atom. The Kier molecular flexibility index (Phi) is 2.53. The number of halogens is 1. The van der Waals surface area contributed by atoms with E-state index < -0.39 is 0 Å². The highest BCUT2D eigenvalue weighted by atomic mass is 79.9. The van der Waals surface area contributed by atoms with E-state index in [1.165, 1.54) is 6.33 Å². The predicted octanol–water partition coefficient (Wildman–Crippen LogP) is 3.46. The second-order valence-electron chi connectivity index (χ2n) is 3.57. The molecule has 0 atom stereocenters. The lowest BCUT2D eigenvalue weighted by molar-refractivity contribution is 1.20. The van der Waals surface area contributed by atoms with Crippen molar-refractivity contribution < 1.29 is 0 Å². The van der Waals surface area contributed by atoms with Gasteiger partial charge in [-0.05, 0) is 34.1 Å². The number of H-pyrrole nitrogens is 1. The molecule has 1 aromatic carbocycles. The van der Waals surface area contributed by atoms with Crippen molar-refractivity contribution in [3.05, 3.63) is 47.3 Å². The molecule has 0 saturated heterocycles. The Bertz CT molecular complexity index is 662. The molecule has 2 N–H and O–H groups in total. The first-order chi connectivity index (χ1) is 8.34. The summed E-state index contributed by atoms with van der Waals surface area (Å²) in [6.45, 7) is 0. The highest BCUT2D eigenvalue weighted by Gasteiger charge is 2.05. The van der Waals surface area contributed by atoms with Gasteiger partial charge in [-0.25, -0.2) is 9.97 Å². The number of benzene rings is 1. The Balaban J connectivity index is 2.06. The molecule has 0 fully saturated rings. The molecule has 2 aromatic heterocycles. The van der Waals surface area contributed by atoms with Crippen LogP contribution in [0, 0.1) is 0 Å². The van der Waals surface area contributed by atoms with Crippen LogP contribution in [0.5, 0.6) is 0 Å². The van der Waals surface area contributed by atoms with Crippen LogP contribution >= 0.6 is 15.9 Å². The summed E-state index contributed by atoms with van der Waals surface area (Å²) in [6.07, 6.45) is 3.39. The molecule has 0 bridgehead atoms. The number of aromatic nitrogens is 3. The van der Waals surface area contributed by atoms with Gasteiger partial charge in [0, 0.05) is 10.7 Å². The summed E-state index contributed by atoms with van der Waals surface area (Å²) in [6, 6.07) is 9.88. The highest BCUT2D eigenvalue weighted by molar-refractivity contribution is 9.10. The largest absolute Gasteiger partial charge is 0.346 e. The molecule has 0 saturated carbocycles. The normalized spacial score (nSPS) is 10.6. The summed E-state index contributed by atoms with van der Waals surface area (Å²) in [5.74, 6) is 0.795. The van der Waals surface area contributed by atoms with Crippen molar-refractivity contribution in [2.75, 3.05) is 5.32 Å². The van der Waals surface area contributed by atoms with E-state index in [0.717, 1.165) is 27.0 Å². The van der Waals surface area contributed by atoms with Crippen LogP contribution in [0.1, 0.15) is 0 Å². The second-order valence-corrected chi connectivity index (χ2v) is 4.42. The fraction of sp³-hybridized carbons (Fsp3) is 0. The summed E-state index contributed by atoms with van der Waals surface area (Å²) < 4.78 is 1.00. The Morgan fingerprint density at radius 2 is 2.00 bits per heavy atom. The van der Waals surface area contributed by atoms with E-state index in [2.05, 4.69) is 36.2 Å². The lowest BCUT2D eigenvalue weighted by Crippen LogP contribution is -1.95. The van der Waals surface area contributed by atoms with Crippen LogP contribution in [0.2, 0.25) is 0 Å². The fourth-order valence-electron chi connectivity index (χ4n) is 1.66. The van der Waals surface area contributed by atoms with E-state index in [-0.39, 0.29) is 0 Å². The van der Waals surface area contributed by atoms with Gasteiger partial charge in [-0.2, -0.15) is 0 Å². The van der Waals surface area contributed by atoms with Crippen molar-refractivity contribution >= 4 is 38.5 Å². The maximum absolute atomic E-state index is 4.25. The van der Waals surface area contributed by atoms with Crippen molar-refractivity contribution in [3.63, 3.8) is 0 Å². The van der Waals surface area contributed by atoms with Crippen LogP contribution in [0.3, 0.4) is 0 Å². The van der Waals surface area contributed by atoms with E-state index in [4.69, 9.17) is 0 Å². The summed E-state index contributed by atoms with van der Waals surface area (Å²) in [5.41, 5.74) is 1.81. The Hall–Kier alpha value is -1.88. The molecule has 2 heterocycles. The van der Waals surface area contributed by atoms with Crippen molar-refractivity contribution in [1.29, 1.82) is 0 Å². The first-order valence-corrected chi connectivity index (χ1v) is 5.93. The lowest BCUT2D eigenvalue weighted by Gasteiger charge is -2.07. The maximum atomic E-state index is 4.25. The maximum Gasteiger partial charge on any atom is 0.143 e. The van der Waals surface area contributed by atoms with Crippen LogP contribution in [-0.4, -0.2) is 15.0 Å². The van der Waals surface area contributed by atoms with Crippen LogP contribution in [0.25, 0.3) is 11.0 Å². The minimum Gasteiger partial charge on any atom is -0.346 e. The van der Waals surface area contributed by atoms with Crippen LogP contribution in [0.4, 0.5) is 11.5 Å². The number of para-hydroxylation sites is 1. The number of hydrogen-bond acceptors (Lipinski definition) is 3. The molecule has 0 aliphatic carbocycles. The fourth-order valence-corrected chi connectivity index (χ4v) is 2.05. The van der Waals surface area contributed by atoms with Gasteiger partial charge in [-0.1, -0.05) is 12.1 Å². The topological polar surface area (TPSA) is 53.6 Å². The number of aromatic amines is 1. The van der Waals surface area contributed by atoms with Crippen molar-refractivity contribution in [2.24, 2.45) is 0 Å². The Labute approximate surface area is 106 Å². The summed E-state index contributed by atoms with van der Waals surface area (Å²) in [7, 11) is 0. The van der Waals surface area contributed by atoms with E-state index in [1.807, 2.05) is 36.5 Å². The molecule has 3 rings (SSSR count). The van der Waals surface area contributed by atoms with Crippen molar-refractivity contribution in [2.45, 2.75) is 0 Å². The van der Waals surface area contributed by atoms with E-state index in [0.29, 0.717) is 0 Å². The molecule has 0 aliphatic heterocycles. The van der Waals surface area contributed by atoms with Crippen LogP contribution < -0.4 is 5.32 Å². The zero-order valence-electron chi connectivity index (χ0n) is 8.81. The van der Waals surface area contributed by atoms with Crippen LogP contribution in [0.15, 0.2) is 47.3 Å². The standard InChI is InChI=1S/C12H9BrN4/c13-9-3-1-2-4-10(9)17-12-8-5-6-14-11(8)15-7-16-12/h1-7H,(H2,14,15,16,17). The first-order valence-electron chi connectivity index (χ1n) is 5.14. The predicted molar refractivity (Wildman–Crippen MR) is 71.3 cm³/mol. The molecule has 4 nitrogen and oxygen atoms in total. The lowest BCUT2D eigenvalue weighted by atomic mass is 10.3. The van der Waals surface area contributed by atoms with Gasteiger partial charge in [0.05, 0.1) is 11.1 Å². The quantitative estimate of drug-likeness (QED) is 0.759. The second kappa shape index (κ2) is 4.18. The molecular formula is C12H9BrN4. The van der Waals surface area contributed by atoms with E-state index in [1.54, 1.807) is 0 Å². The average molecular weight is 289 g/mol. The molecule has 3 aromatic rings. The van der Waals surface area contributed by atoms with Crippen molar-refractivity contribution in [1.82, 2.24) is 15.0 Å². The average Bonchev–Trinajstić information content (AvgIpc) is 2.81. The number of fused-ring (bicyclic) bond motifs is 1. The number of nitrogens with zero attached hydrogens (tertiary/aromatic N) is 2. The molecule has 5 heteroatoms. The molecule has 0 aliphatic rings. The number of rotatable bonds is 2. The summed E-state index contributed by atoms with van der Waals surface area (Å²) >= 11 is 3.49. The number of hydrogen-bond donors (Lipinski definition) is 2. The monoisotopic (exact) mass is 288 g/mol. The molecule has 0 spiro atoms. The molecule has 17 heavy (non-hydrogen) atoms. The van der Waals surface area contributed by atoms with Gasteiger partial charge in [0.1, 0.15) is 17.8 Å². The molecule has 84 valence electrons. The van der Waals surface area contributed by atoms with Crippen molar-refractivity contribution in [3.8, 4) is 0 Å². The van der Waals surface area contributed by atoms with Crippen LogP contribution in [-0.2, 0) is 0 Å². The SMILES string of the molecule is Brc1ccccc1Nc1ncnc2[nH]ccc12. The minimum absolute atomic E-state index is 0.795. The first kappa shape index (κ1) is 10.3. The van der Waals surface area contributed by atoms with Gasteiger partial charge < -0.3 is 10.3 Å². The molecular weight excluding hydrogens is 280 g/mol. The van der Waals surface area contributed by atoms with Gasteiger partial charge in [-0.15, -0.1) is 0 Å². The van der Waals surface area contributed by atoms with Gasteiger partial charge in [0.25, 0.3) is 0 Å². The zero-order chi connectivity index (χ0) is 11.7. The third-order valence-electron chi connectivity index (χ3n) is 2.48. The Morgan fingerprint density at radius 3 is 2.88 bits per heavy atom. The highest BCUT2D eigenvalue weighted by Crippen LogP contribution is 2.27.